The molecule has 19 heavy (non-hydrogen) atoms. The summed E-state index contributed by atoms with van der Waals surface area (Å²) < 4.78 is 0. The van der Waals surface area contributed by atoms with Crippen LogP contribution in [0.4, 0.5) is 5.69 Å². The Morgan fingerprint density at radius 2 is 2.16 bits per heavy atom. The third-order valence-corrected chi connectivity index (χ3v) is 3.59. The number of nitrogens with zero attached hydrogens (tertiary/aromatic N) is 2. The molecule has 1 amide bonds. The summed E-state index contributed by atoms with van der Waals surface area (Å²) in [5, 5.41) is 11.6. The van der Waals surface area contributed by atoms with E-state index in [1.54, 1.807) is 24.3 Å². The molecule has 1 aliphatic rings. The summed E-state index contributed by atoms with van der Waals surface area (Å²) in [5.41, 5.74) is 1.34. The van der Waals surface area contributed by atoms with E-state index in [2.05, 4.69) is 23.2 Å². The third-order valence-electron chi connectivity index (χ3n) is 3.59. The van der Waals surface area contributed by atoms with Gasteiger partial charge in [-0.1, -0.05) is 6.42 Å². The van der Waals surface area contributed by atoms with Gasteiger partial charge in [0.15, 0.2) is 0 Å². The van der Waals surface area contributed by atoms with E-state index < -0.39 is 0 Å². The van der Waals surface area contributed by atoms with Crippen molar-refractivity contribution in [2.75, 3.05) is 18.4 Å². The Balaban J connectivity index is 1.88. The molecule has 2 rings (SSSR count). The standard InChI is InChI=1S/C15H19N3O/c1-12-4-2-3-9-18(12)11-15(19)17-14-7-5-13(10-16)6-8-14/h5-8,12H,2-4,9,11H2,1H3,(H,17,19)/t12-/m1/s1. The number of amides is 1. The van der Waals surface area contributed by atoms with Crippen LogP contribution < -0.4 is 5.32 Å². The summed E-state index contributed by atoms with van der Waals surface area (Å²) in [6, 6.07) is 9.48. The molecule has 0 saturated carbocycles. The van der Waals surface area contributed by atoms with E-state index in [4.69, 9.17) is 5.26 Å². The number of nitrogens with one attached hydrogen (secondary N) is 1. The first-order valence-electron chi connectivity index (χ1n) is 6.73. The fourth-order valence-electron chi connectivity index (χ4n) is 2.41. The van der Waals surface area contributed by atoms with Gasteiger partial charge >= 0.3 is 0 Å². The Bertz CT molecular complexity index is 475. The van der Waals surface area contributed by atoms with Crippen LogP contribution in [0.5, 0.6) is 0 Å². The van der Waals surface area contributed by atoms with E-state index in [0.717, 1.165) is 12.2 Å². The quantitative estimate of drug-likeness (QED) is 0.904. The van der Waals surface area contributed by atoms with Gasteiger partial charge in [0.2, 0.25) is 5.91 Å². The van der Waals surface area contributed by atoms with Crippen LogP contribution in [0.3, 0.4) is 0 Å². The smallest absolute Gasteiger partial charge is 0.238 e. The summed E-state index contributed by atoms with van der Waals surface area (Å²) >= 11 is 0. The lowest BCUT2D eigenvalue weighted by atomic mass is 10.0. The van der Waals surface area contributed by atoms with Gasteiger partial charge in [-0.15, -0.1) is 0 Å². The summed E-state index contributed by atoms with van der Waals surface area (Å²) in [6.07, 6.45) is 3.60. The molecule has 0 unspecified atom stereocenters. The molecule has 1 aliphatic heterocycles. The van der Waals surface area contributed by atoms with Crippen molar-refractivity contribution in [2.24, 2.45) is 0 Å². The highest BCUT2D eigenvalue weighted by Gasteiger charge is 2.20. The monoisotopic (exact) mass is 257 g/mol. The van der Waals surface area contributed by atoms with E-state index >= 15 is 0 Å². The number of piperidine rings is 1. The first-order chi connectivity index (χ1) is 9.19. The first kappa shape index (κ1) is 13.6. The van der Waals surface area contributed by atoms with Crippen LogP contribution in [-0.4, -0.2) is 29.9 Å². The van der Waals surface area contributed by atoms with Crippen LogP contribution in [0.1, 0.15) is 31.7 Å². The molecule has 1 heterocycles. The third kappa shape index (κ3) is 3.80. The normalized spacial score (nSPS) is 19.7. The highest BCUT2D eigenvalue weighted by Crippen LogP contribution is 2.16. The fourth-order valence-corrected chi connectivity index (χ4v) is 2.41. The predicted octanol–water partition coefficient (Wildman–Crippen LogP) is 2.37. The lowest BCUT2D eigenvalue weighted by molar-refractivity contribution is -0.118. The number of anilines is 1. The molecule has 1 saturated heterocycles. The van der Waals surface area contributed by atoms with Gasteiger partial charge in [0.25, 0.3) is 0 Å². The second-order valence-corrected chi connectivity index (χ2v) is 5.05. The Morgan fingerprint density at radius 3 is 2.79 bits per heavy atom. The van der Waals surface area contributed by atoms with Gasteiger partial charge in [0.1, 0.15) is 0 Å². The molecule has 0 spiro atoms. The molecular weight excluding hydrogens is 238 g/mol. The second-order valence-electron chi connectivity index (χ2n) is 5.05. The van der Waals surface area contributed by atoms with E-state index in [9.17, 15) is 4.79 Å². The lowest BCUT2D eigenvalue weighted by Crippen LogP contribution is -2.42. The largest absolute Gasteiger partial charge is 0.325 e. The summed E-state index contributed by atoms with van der Waals surface area (Å²) in [6.45, 7) is 3.62. The number of benzene rings is 1. The van der Waals surface area contributed by atoms with Crippen LogP contribution in [0.15, 0.2) is 24.3 Å². The van der Waals surface area contributed by atoms with E-state index in [1.807, 2.05) is 0 Å². The van der Waals surface area contributed by atoms with Crippen LogP contribution in [0.25, 0.3) is 0 Å². The van der Waals surface area contributed by atoms with Gasteiger partial charge in [-0.25, -0.2) is 0 Å². The Labute approximate surface area is 114 Å². The molecular formula is C15H19N3O. The predicted molar refractivity (Wildman–Crippen MR) is 74.7 cm³/mol. The molecule has 0 aliphatic carbocycles. The van der Waals surface area contributed by atoms with Crippen molar-refractivity contribution in [1.29, 1.82) is 5.26 Å². The highest BCUT2D eigenvalue weighted by molar-refractivity contribution is 5.92. The Hall–Kier alpha value is -1.86. The van der Waals surface area contributed by atoms with Gasteiger partial charge in [0.05, 0.1) is 18.2 Å². The van der Waals surface area contributed by atoms with Crippen molar-refractivity contribution in [3.8, 4) is 6.07 Å². The molecule has 1 N–H and O–H groups in total. The van der Waals surface area contributed by atoms with Crippen LogP contribution in [0, 0.1) is 11.3 Å². The maximum Gasteiger partial charge on any atom is 0.238 e. The highest BCUT2D eigenvalue weighted by atomic mass is 16.2. The number of hydrogen-bond acceptors (Lipinski definition) is 3. The minimum Gasteiger partial charge on any atom is -0.325 e. The van der Waals surface area contributed by atoms with Crippen molar-refractivity contribution in [2.45, 2.75) is 32.2 Å². The average molecular weight is 257 g/mol. The summed E-state index contributed by atoms with van der Waals surface area (Å²) in [5.74, 6) is 0.0125. The number of carbonyl (C=O) groups excluding carboxylic acids is 1. The number of hydrogen-bond donors (Lipinski definition) is 1. The molecule has 100 valence electrons. The SMILES string of the molecule is C[C@@H]1CCCCN1CC(=O)Nc1ccc(C#N)cc1. The maximum absolute atomic E-state index is 12.0. The average Bonchev–Trinajstić information content (AvgIpc) is 2.42. The molecule has 0 radical (unpaired) electrons. The van der Waals surface area contributed by atoms with E-state index in [0.29, 0.717) is 18.2 Å². The molecule has 0 aromatic heterocycles. The van der Waals surface area contributed by atoms with Gasteiger partial charge in [-0.3, -0.25) is 9.69 Å². The number of carbonyl (C=O) groups is 1. The molecule has 4 heteroatoms. The number of nitriles is 1. The first-order valence-corrected chi connectivity index (χ1v) is 6.73. The minimum absolute atomic E-state index is 0.0125. The minimum atomic E-state index is 0.0125. The van der Waals surface area contributed by atoms with Gasteiger partial charge < -0.3 is 5.32 Å². The Kier molecular flexibility index (Phi) is 4.53. The zero-order valence-electron chi connectivity index (χ0n) is 11.2. The van der Waals surface area contributed by atoms with Crippen molar-refractivity contribution in [1.82, 2.24) is 4.90 Å². The number of rotatable bonds is 3. The van der Waals surface area contributed by atoms with Crippen molar-refractivity contribution in [3.05, 3.63) is 29.8 Å². The van der Waals surface area contributed by atoms with Gasteiger partial charge in [-0.05, 0) is 50.6 Å². The topological polar surface area (TPSA) is 56.1 Å². The molecule has 1 fully saturated rings. The van der Waals surface area contributed by atoms with Crippen molar-refractivity contribution < 1.29 is 4.79 Å². The molecule has 1 aromatic rings. The zero-order valence-corrected chi connectivity index (χ0v) is 11.2. The van der Waals surface area contributed by atoms with Crippen LogP contribution in [0.2, 0.25) is 0 Å². The van der Waals surface area contributed by atoms with E-state index in [1.165, 1.54) is 19.3 Å². The van der Waals surface area contributed by atoms with Crippen LogP contribution >= 0.6 is 0 Å². The Morgan fingerprint density at radius 1 is 1.42 bits per heavy atom. The van der Waals surface area contributed by atoms with Crippen molar-refractivity contribution >= 4 is 11.6 Å². The molecule has 0 bridgehead atoms. The molecule has 1 atom stereocenters. The maximum atomic E-state index is 12.0. The van der Waals surface area contributed by atoms with Gasteiger partial charge in [0, 0.05) is 11.7 Å². The van der Waals surface area contributed by atoms with Crippen molar-refractivity contribution in [3.63, 3.8) is 0 Å². The summed E-state index contributed by atoms with van der Waals surface area (Å²) in [7, 11) is 0. The zero-order chi connectivity index (χ0) is 13.7. The molecule has 4 nitrogen and oxygen atoms in total. The second kappa shape index (κ2) is 6.35. The fraction of sp³-hybridized carbons (Fsp3) is 0.467. The summed E-state index contributed by atoms with van der Waals surface area (Å²) in [4.78, 5) is 14.2. The molecule has 1 aromatic carbocycles. The van der Waals surface area contributed by atoms with Gasteiger partial charge in [-0.2, -0.15) is 5.26 Å². The lowest BCUT2D eigenvalue weighted by Gasteiger charge is -2.32. The van der Waals surface area contributed by atoms with E-state index in [-0.39, 0.29) is 5.91 Å². The number of likely N-dealkylation sites (tertiary alicyclic amines) is 1. The van der Waals surface area contributed by atoms with Crippen LogP contribution in [-0.2, 0) is 4.79 Å².